The highest BCUT2D eigenvalue weighted by molar-refractivity contribution is 6.06. The summed E-state index contributed by atoms with van der Waals surface area (Å²) in [5.74, 6) is 0.969. The molecule has 0 radical (unpaired) electrons. The summed E-state index contributed by atoms with van der Waals surface area (Å²) in [5.41, 5.74) is 1.40. The first-order valence-electron chi connectivity index (χ1n) is 6.52. The Hall–Kier alpha value is -2.28. The fourth-order valence-electron chi connectivity index (χ4n) is 2.10. The highest BCUT2D eigenvalue weighted by Gasteiger charge is 2.22. The molecule has 0 heterocycles. The number of benzene rings is 1. The number of nitrogens with one attached hydrogen (secondary N) is 1. The van der Waals surface area contributed by atoms with E-state index in [0.29, 0.717) is 17.5 Å². The van der Waals surface area contributed by atoms with Crippen molar-refractivity contribution < 1.29 is 14.7 Å². The highest BCUT2D eigenvalue weighted by Crippen LogP contribution is 2.19. The summed E-state index contributed by atoms with van der Waals surface area (Å²) in [6.07, 6.45) is 6.87. The fourth-order valence-corrected chi connectivity index (χ4v) is 2.10. The van der Waals surface area contributed by atoms with E-state index in [9.17, 15) is 14.7 Å². The van der Waals surface area contributed by atoms with E-state index in [4.69, 9.17) is 6.42 Å². The van der Waals surface area contributed by atoms with E-state index in [-0.39, 0.29) is 17.2 Å². The first kappa shape index (κ1) is 15.8. The van der Waals surface area contributed by atoms with Gasteiger partial charge in [0.25, 0.3) is 5.91 Å². The lowest BCUT2D eigenvalue weighted by molar-refractivity contribution is 0.0689. The number of carboxylic acid groups (broad SMARTS) is 1. The van der Waals surface area contributed by atoms with Gasteiger partial charge in [-0.1, -0.05) is 31.4 Å². The molecule has 0 aliphatic carbocycles. The van der Waals surface area contributed by atoms with Gasteiger partial charge in [-0.2, -0.15) is 0 Å². The van der Waals surface area contributed by atoms with Crippen molar-refractivity contribution in [3.63, 3.8) is 0 Å². The minimum atomic E-state index is -1.11. The predicted octanol–water partition coefficient (Wildman–Crippen LogP) is 2.53. The van der Waals surface area contributed by atoms with Crippen LogP contribution in [0.2, 0.25) is 0 Å². The normalized spacial score (nSPS) is 11.5. The van der Waals surface area contributed by atoms with Crippen molar-refractivity contribution in [2.24, 2.45) is 0 Å². The third-order valence-electron chi connectivity index (χ3n) is 3.15. The number of amides is 1. The number of hydrogen-bond acceptors (Lipinski definition) is 2. The van der Waals surface area contributed by atoms with Crippen molar-refractivity contribution in [1.82, 2.24) is 5.32 Å². The van der Waals surface area contributed by atoms with Crippen LogP contribution in [-0.4, -0.2) is 23.0 Å². The van der Waals surface area contributed by atoms with Gasteiger partial charge < -0.3 is 10.4 Å². The Morgan fingerprint density at radius 1 is 1.30 bits per heavy atom. The van der Waals surface area contributed by atoms with Crippen LogP contribution in [0.15, 0.2) is 12.1 Å². The molecule has 0 saturated heterocycles. The van der Waals surface area contributed by atoms with Crippen molar-refractivity contribution in [2.45, 2.75) is 39.7 Å². The molecule has 0 aliphatic rings. The van der Waals surface area contributed by atoms with Gasteiger partial charge in [-0.25, -0.2) is 4.79 Å². The number of carbonyl (C=O) groups is 2. The molecule has 1 amide bonds. The number of aromatic carboxylic acids is 1. The van der Waals surface area contributed by atoms with Crippen molar-refractivity contribution in [1.29, 1.82) is 0 Å². The first-order valence-corrected chi connectivity index (χ1v) is 6.52. The van der Waals surface area contributed by atoms with E-state index in [1.807, 2.05) is 6.92 Å². The van der Waals surface area contributed by atoms with Crippen LogP contribution in [0.5, 0.6) is 0 Å². The minimum Gasteiger partial charge on any atom is -0.478 e. The SMILES string of the molecule is C#CC(CCC)NC(=O)c1c(C)ccc(C)c1C(=O)O. The van der Waals surface area contributed by atoms with E-state index >= 15 is 0 Å². The van der Waals surface area contributed by atoms with Crippen LogP contribution in [-0.2, 0) is 0 Å². The van der Waals surface area contributed by atoms with E-state index in [0.717, 1.165) is 6.42 Å². The Morgan fingerprint density at radius 2 is 1.85 bits per heavy atom. The van der Waals surface area contributed by atoms with Crippen LogP contribution >= 0.6 is 0 Å². The van der Waals surface area contributed by atoms with Gasteiger partial charge in [0.2, 0.25) is 0 Å². The predicted molar refractivity (Wildman–Crippen MR) is 77.9 cm³/mol. The average Bonchev–Trinajstić information content (AvgIpc) is 2.39. The van der Waals surface area contributed by atoms with E-state index in [1.165, 1.54) is 0 Å². The average molecular weight is 273 g/mol. The molecule has 0 spiro atoms. The Labute approximate surface area is 119 Å². The molecule has 0 bridgehead atoms. The Bertz CT molecular complexity index is 570. The zero-order valence-electron chi connectivity index (χ0n) is 12.0. The van der Waals surface area contributed by atoms with Crippen LogP contribution in [0.4, 0.5) is 0 Å². The quantitative estimate of drug-likeness (QED) is 0.810. The van der Waals surface area contributed by atoms with Crippen LogP contribution in [0.25, 0.3) is 0 Å². The van der Waals surface area contributed by atoms with Gasteiger partial charge in [0, 0.05) is 0 Å². The Balaban J connectivity index is 3.19. The monoisotopic (exact) mass is 273 g/mol. The number of terminal acetylenes is 1. The lowest BCUT2D eigenvalue weighted by Crippen LogP contribution is -2.35. The smallest absolute Gasteiger partial charge is 0.336 e. The maximum absolute atomic E-state index is 12.3. The molecule has 4 nitrogen and oxygen atoms in total. The van der Waals surface area contributed by atoms with Gasteiger partial charge in [-0.3, -0.25) is 4.79 Å². The molecule has 1 rings (SSSR count). The van der Waals surface area contributed by atoms with Crippen LogP contribution in [0, 0.1) is 26.2 Å². The van der Waals surface area contributed by atoms with E-state index in [1.54, 1.807) is 26.0 Å². The molecular formula is C16H19NO3. The maximum Gasteiger partial charge on any atom is 0.336 e. The van der Waals surface area contributed by atoms with Crippen molar-refractivity contribution in [3.8, 4) is 12.3 Å². The molecule has 4 heteroatoms. The number of carboxylic acids is 1. The lowest BCUT2D eigenvalue weighted by Gasteiger charge is -2.16. The number of aryl methyl sites for hydroxylation is 2. The van der Waals surface area contributed by atoms with E-state index in [2.05, 4.69) is 11.2 Å². The summed E-state index contributed by atoms with van der Waals surface area (Å²) in [7, 11) is 0. The molecule has 1 unspecified atom stereocenters. The molecule has 0 saturated carbocycles. The molecule has 0 fully saturated rings. The Kier molecular flexibility index (Phi) is 5.33. The second kappa shape index (κ2) is 6.76. The topological polar surface area (TPSA) is 66.4 Å². The van der Waals surface area contributed by atoms with E-state index < -0.39 is 11.9 Å². The Morgan fingerprint density at radius 3 is 2.30 bits per heavy atom. The van der Waals surface area contributed by atoms with Crippen LogP contribution in [0.1, 0.15) is 51.6 Å². The minimum absolute atomic E-state index is 0.0368. The number of hydrogen-bond donors (Lipinski definition) is 2. The summed E-state index contributed by atoms with van der Waals surface area (Å²) in [5, 5.41) is 12.0. The summed E-state index contributed by atoms with van der Waals surface area (Å²) >= 11 is 0. The van der Waals surface area contributed by atoms with Crippen LogP contribution in [0.3, 0.4) is 0 Å². The molecule has 1 aromatic carbocycles. The fraction of sp³-hybridized carbons (Fsp3) is 0.375. The third-order valence-corrected chi connectivity index (χ3v) is 3.15. The molecule has 106 valence electrons. The zero-order valence-corrected chi connectivity index (χ0v) is 12.0. The molecule has 0 aliphatic heterocycles. The van der Waals surface area contributed by atoms with Crippen LogP contribution < -0.4 is 5.32 Å². The zero-order chi connectivity index (χ0) is 15.3. The van der Waals surface area contributed by atoms with Gasteiger partial charge >= 0.3 is 5.97 Å². The molecule has 20 heavy (non-hydrogen) atoms. The van der Waals surface area contributed by atoms with Gasteiger partial charge in [-0.15, -0.1) is 6.42 Å². The second-order valence-electron chi connectivity index (χ2n) is 4.74. The summed E-state index contributed by atoms with van der Waals surface area (Å²) in [6.45, 7) is 5.35. The van der Waals surface area contributed by atoms with Crippen molar-refractivity contribution in [2.75, 3.05) is 0 Å². The largest absolute Gasteiger partial charge is 0.478 e. The van der Waals surface area contributed by atoms with Gasteiger partial charge in [0.1, 0.15) is 0 Å². The van der Waals surface area contributed by atoms with Crippen molar-refractivity contribution >= 4 is 11.9 Å². The molecule has 2 N–H and O–H groups in total. The lowest BCUT2D eigenvalue weighted by atomic mass is 9.96. The van der Waals surface area contributed by atoms with Gasteiger partial charge in [-0.05, 0) is 31.4 Å². The standard InChI is InChI=1S/C16H19NO3/c1-5-7-12(6-2)17-15(18)13-10(3)8-9-11(4)14(13)16(19)20/h2,8-9,12H,5,7H2,1,3-4H3,(H,17,18)(H,19,20). The maximum atomic E-state index is 12.3. The molecule has 1 atom stereocenters. The summed E-state index contributed by atoms with van der Waals surface area (Å²) in [4.78, 5) is 23.7. The molecule has 1 aromatic rings. The third kappa shape index (κ3) is 3.39. The van der Waals surface area contributed by atoms with Crippen molar-refractivity contribution in [3.05, 3.63) is 34.4 Å². The number of rotatable bonds is 5. The highest BCUT2D eigenvalue weighted by atomic mass is 16.4. The summed E-state index contributed by atoms with van der Waals surface area (Å²) in [6, 6.07) is 3.05. The molecular weight excluding hydrogens is 254 g/mol. The first-order chi connectivity index (χ1) is 9.42. The second-order valence-corrected chi connectivity index (χ2v) is 4.74. The summed E-state index contributed by atoms with van der Waals surface area (Å²) < 4.78 is 0. The molecule has 0 aromatic heterocycles. The number of carbonyl (C=O) groups excluding carboxylic acids is 1. The van der Waals surface area contributed by atoms with Gasteiger partial charge in [0.15, 0.2) is 0 Å². The van der Waals surface area contributed by atoms with Gasteiger partial charge in [0.05, 0.1) is 17.2 Å².